The van der Waals surface area contributed by atoms with Crippen molar-refractivity contribution in [3.8, 4) is 17.2 Å². The van der Waals surface area contributed by atoms with Crippen LogP contribution in [-0.4, -0.2) is 18.2 Å². The first-order valence-electron chi connectivity index (χ1n) is 9.09. The molecule has 2 aliphatic rings. The normalized spacial score (nSPS) is 21.5. The van der Waals surface area contributed by atoms with Gasteiger partial charge in [0.2, 0.25) is 0 Å². The number of fused-ring (bicyclic) bond motifs is 6. The first-order chi connectivity index (χ1) is 13.6. The predicted octanol–water partition coefficient (Wildman–Crippen LogP) is 4.34. The quantitative estimate of drug-likeness (QED) is 0.676. The Morgan fingerprint density at radius 1 is 1.00 bits per heavy atom. The number of methoxy groups -OCH3 is 1. The maximum atomic E-state index is 12.1. The van der Waals surface area contributed by atoms with Gasteiger partial charge in [0.1, 0.15) is 22.8 Å². The summed E-state index contributed by atoms with van der Waals surface area (Å²) in [5, 5.41) is 10.9. The molecule has 0 aromatic heterocycles. The zero-order chi connectivity index (χ0) is 19.3. The number of hydrogen-bond donors (Lipinski definition) is 1. The van der Waals surface area contributed by atoms with E-state index in [1.807, 2.05) is 54.6 Å². The number of hydrogen-bond acceptors (Lipinski definition) is 5. The number of benzene rings is 3. The average Bonchev–Trinajstić information content (AvgIpc) is 2.74. The third-order valence-electron chi connectivity index (χ3n) is 5.46. The molecule has 3 aromatic carbocycles. The van der Waals surface area contributed by atoms with Gasteiger partial charge in [0.05, 0.1) is 7.11 Å². The van der Waals surface area contributed by atoms with E-state index in [0.717, 1.165) is 11.1 Å². The molecule has 5 heteroatoms. The van der Waals surface area contributed by atoms with Crippen molar-refractivity contribution < 1.29 is 24.1 Å². The van der Waals surface area contributed by atoms with Crippen molar-refractivity contribution >= 4 is 5.97 Å². The van der Waals surface area contributed by atoms with Crippen molar-refractivity contribution in [1.29, 1.82) is 0 Å². The van der Waals surface area contributed by atoms with Crippen LogP contribution in [0.25, 0.3) is 0 Å². The molecule has 28 heavy (non-hydrogen) atoms. The molecule has 5 nitrogen and oxygen atoms in total. The van der Waals surface area contributed by atoms with E-state index < -0.39 is 11.8 Å². The van der Waals surface area contributed by atoms with Gasteiger partial charge in [0, 0.05) is 29.0 Å². The number of phenols is 1. The van der Waals surface area contributed by atoms with Crippen molar-refractivity contribution in [1.82, 2.24) is 0 Å². The van der Waals surface area contributed by atoms with Crippen molar-refractivity contribution in [3.05, 3.63) is 89.0 Å². The van der Waals surface area contributed by atoms with E-state index >= 15 is 0 Å². The molecule has 3 aromatic rings. The van der Waals surface area contributed by atoms with E-state index in [2.05, 4.69) is 0 Å². The van der Waals surface area contributed by atoms with Crippen molar-refractivity contribution in [2.24, 2.45) is 0 Å². The van der Waals surface area contributed by atoms with Crippen molar-refractivity contribution in [2.75, 3.05) is 7.11 Å². The standard InChI is InChI=1S/C23H18O5/c1-26-22(25)16-11-12-19-20(21(16)24)17-13-23(28-19,14-7-3-2-4-8-14)27-18-10-6-5-9-15(17)18/h2-12,17,24H,13H2,1H3/t17-,23-/m1/s1. The zero-order valence-corrected chi connectivity index (χ0v) is 15.2. The first-order valence-corrected chi connectivity index (χ1v) is 9.09. The third kappa shape index (κ3) is 2.29. The number of carbonyl (C=O) groups is 1. The summed E-state index contributed by atoms with van der Waals surface area (Å²) in [7, 11) is 1.29. The Balaban J connectivity index is 1.76. The Morgan fingerprint density at radius 3 is 2.50 bits per heavy atom. The van der Waals surface area contributed by atoms with Crippen LogP contribution in [0.5, 0.6) is 17.2 Å². The minimum absolute atomic E-state index is 0.104. The SMILES string of the molecule is COC(=O)c1ccc2c(c1O)[C@@H]1C[C@@](c3ccccc3)(Oc3ccccc31)O2. The molecule has 5 rings (SSSR count). The second-order valence-corrected chi connectivity index (χ2v) is 6.98. The molecule has 0 radical (unpaired) electrons. The van der Waals surface area contributed by atoms with Gasteiger partial charge in [0.25, 0.3) is 5.79 Å². The van der Waals surface area contributed by atoms with Gasteiger partial charge in [-0.1, -0.05) is 48.5 Å². The molecule has 0 saturated carbocycles. The third-order valence-corrected chi connectivity index (χ3v) is 5.46. The highest BCUT2D eigenvalue weighted by molar-refractivity contribution is 5.93. The summed E-state index contributed by atoms with van der Waals surface area (Å²) in [5.74, 6) is -0.658. The average molecular weight is 374 g/mol. The molecule has 2 aliphatic heterocycles. The Kier molecular flexibility index (Phi) is 3.59. The van der Waals surface area contributed by atoms with Crippen LogP contribution in [0.15, 0.2) is 66.7 Å². The van der Waals surface area contributed by atoms with Crippen LogP contribution in [-0.2, 0) is 10.5 Å². The molecule has 0 saturated heterocycles. The number of esters is 1. The Hall–Kier alpha value is -3.47. The molecule has 0 aliphatic carbocycles. The topological polar surface area (TPSA) is 65.0 Å². The molecule has 0 amide bonds. The smallest absolute Gasteiger partial charge is 0.341 e. The van der Waals surface area contributed by atoms with Crippen molar-refractivity contribution in [3.63, 3.8) is 0 Å². The molecule has 1 N–H and O–H groups in total. The van der Waals surface area contributed by atoms with Crippen LogP contribution < -0.4 is 9.47 Å². The monoisotopic (exact) mass is 374 g/mol. The lowest BCUT2D eigenvalue weighted by molar-refractivity contribution is -0.149. The van der Waals surface area contributed by atoms with Crippen LogP contribution in [0.4, 0.5) is 0 Å². The number of carbonyl (C=O) groups excluding carboxylic acids is 1. The highest BCUT2D eigenvalue weighted by Gasteiger charge is 2.50. The molecule has 140 valence electrons. The summed E-state index contributed by atoms with van der Waals surface area (Å²) in [6.45, 7) is 0. The lowest BCUT2D eigenvalue weighted by Gasteiger charge is -2.46. The number of para-hydroxylation sites is 1. The summed E-state index contributed by atoms with van der Waals surface area (Å²) >= 11 is 0. The molecule has 0 fully saturated rings. The maximum absolute atomic E-state index is 12.1. The van der Waals surface area contributed by atoms with Crippen LogP contribution >= 0.6 is 0 Å². The zero-order valence-electron chi connectivity index (χ0n) is 15.2. The first kappa shape index (κ1) is 16.7. The Bertz CT molecular complexity index is 1080. The van der Waals surface area contributed by atoms with E-state index in [-0.39, 0.29) is 17.2 Å². The van der Waals surface area contributed by atoms with Crippen LogP contribution in [0.1, 0.15) is 39.4 Å². The molecule has 0 unspecified atom stereocenters. The molecule has 2 atom stereocenters. The van der Waals surface area contributed by atoms with E-state index in [1.165, 1.54) is 13.2 Å². The van der Waals surface area contributed by atoms with Gasteiger partial charge in [0.15, 0.2) is 0 Å². The van der Waals surface area contributed by atoms with Crippen molar-refractivity contribution in [2.45, 2.75) is 18.1 Å². The van der Waals surface area contributed by atoms with Crippen LogP contribution in [0.3, 0.4) is 0 Å². The number of phenolic OH excluding ortho intramolecular Hbond substituents is 1. The maximum Gasteiger partial charge on any atom is 0.341 e. The lowest BCUT2D eigenvalue weighted by atomic mass is 9.77. The van der Waals surface area contributed by atoms with E-state index in [4.69, 9.17) is 14.2 Å². The number of aromatic hydroxyl groups is 1. The summed E-state index contributed by atoms with van der Waals surface area (Å²) < 4.78 is 17.5. The molecule has 0 spiro atoms. The number of rotatable bonds is 2. The Morgan fingerprint density at radius 2 is 1.71 bits per heavy atom. The summed E-state index contributed by atoms with van der Waals surface area (Å²) in [6, 6.07) is 20.7. The minimum atomic E-state index is -0.994. The van der Waals surface area contributed by atoms with Gasteiger partial charge in [-0.2, -0.15) is 0 Å². The molecular formula is C23H18O5. The van der Waals surface area contributed by atoms with Crippen LogP contribution in [0.2, 0.25) is 0 Å². The minimum Gasteiger partial charge on any atom is -0.507 e. The molecular weight excluding hydrogens is 356 g/mol. The largest absolute Gasteiger partial charge is 0.507 e. The van der Waals surface area contributed by atoms with Gasteiger partial charge in [-0.15, -0.1) is 0 Å². The van der Waals surface area contributed by atoms with Gasteiger partial charge < -0.3 is 19.3 Å². The summed E-state index contributed by atoms with van der Waals surface area (Å²) in [6.07, 6.45) is 0.485. The van der Waals surface area contributed by atoms with E-state index in [9.17, 15) is 9.90 Å². The van der Waals surface area contributed by atoms with E-state index in [0.29, 0.717) is 23.5 Å². The predicted molar refractivity (Wildman–Crippen MR) is 102 cm³/mol. The fourth-order valence-electron chi connectivity index (χ4n) is 4.17. The molecule has 2 bridgehead atoms. The second-order valence-electron chi connectivity index (χ2n) is 6.98. The molecule has 2 heterocycles. The summed E-state index contributed by atoms with van der Waals surface area (Å²) in [5.41, 5.74) is 2.57. The lowest BCUT2D eigenvalue weighted by Crippen LogP contribution is -2.46. The van der Waals surface area contributed by atoms with Gasteiger partial charge in [-0.05, 0) is 18.2 Å². The Labute approximate surface area is 162 Å². The van der Waals surface area contributed by atoms with E-state index in [1.54, 1.807) is 6.07 Å². The van der Waals surface area contributed by atoms with Gasteiger partial charge >= 0.3 is 5.97 Å². The van der Waals surface area contributed by atoms with Crippen LogP contribution in [0, 0.1) is 0 Å². The summed E-state index contributed by atoms with van der Waals surface area (Å²) in [4.78, 5) is 12.1. The van der Waals surface area contributed by atoms with Gasteiger partial charge in [-0.3, -0.25) is 0 Å². The van der Waals surface area contributed by atoms with Gasteiger partial charge in [-0.25, -0.2) is 4.79 Å². The second kappa shape index (κ2) is 6.02. The highest BCUT2D eigenvalue weighted by atomic mass is 16.7. The fourth-order valence-corrected chi connectivity index (χ4v) is 4.17. The fraction of sp³-hybridized carbons (Fsp3) is 0.174. The highest BCUT2D eigenvalue weighted by Crippen LogP contribution is 2.57. The number of ether oxygens (including phenoxy) is 3.